The van der Waals surface area contributed by atoms with E-state index in [9.17, 15) is 14.7 Å². The predicted molar refractivity (Wildman–Crippen MR) is 99.9 cm³/mol. The fraction of sp³-hybridized carbons (Fsp3) is 0.421. The smallest absolute Gasteiger partial charge is 0.270 e. The summed E-state index contributed by atoms with van der Waals surface area (Å²) >= 11 is 0. The Kier molecular flexibility index (Phi) is 3.96. The summed E-state index contributed by atoms with van der Waals surface area (Å²) < 4.78 is 0. The van der Waals surface area contributed by atoms with Gasteiger partial charge in [0.2, 0.25) is 6.41 Å². The highest BCUT2D eigenvalue weighted by atomic mass is 16.3. The highest BCUT2D eigenvalue weighted by molar-refractivity contribution is 6.00. The second-order valence-electron chi connectivity index (χ2n) is 7.40. The van der Waals surface area contributed by atoms with Gasteiger partial charge in [-0.2, -0.15) is 0 Å². The lowest BCUT2D eigenvalue weighted by molar-refractivity contribution is -0.120. The Bertz CT molecular complexity index is 899. The molecule has 142 valence electrons. The zero-order valence-corrected chi connectivity index (χ0v) is 15.4. The first-order chi connectivity index (χ1) is 12.9. The Morgan fingerprint density at radius 1 is 1.44 bits per heavy atom. The van der Waals surface area contributed by atoms with E-state index in [1.807, 2.05) is 6.92 Å². The maximum absolute atomic E-state index is 12.8. The van der Waals surface area contributed by atoms with E-state index >= 15 is 0 Å². The minimum Gasteiger partial charge on any atom is -0.384 e. The van der Waals surface area contributed by atoms with Gasteiger partial charge in [-0.05, 0) is 45.1 Å². The van der Waals surface area contributed by atoms with Gasteiger partial charge in [-0.3, -0.25) is 14.5 Å². The van der Waals surface area contributed by atoms with Crippen LogP contribution < -0.4 is 16.4 Å². The predicted octanol–water partition coefficient (Wildman–Crippen LogP) is 1.53. The number of carbonyl (C=O) groups excluding carboxylic acids is 2. The molecule has 3 heterocycles. The summed E-state index contributed by atoms with van der Waals surface area (Å²) in [6.45, 7) is 3.59. The molecule has 1 saturated heterocycles. The number of hydrogen-bond acceptors (Lipinski definition) is 6. The van der Waals surface area contributed by atoms with Crippen LogP contribution >= 0.6 is 0 Å². The summed E-state index contributed by atoms with van der Waals surface area (Å²) in [6, 6.07) is 1.66. The molecular weight excluding hydrogens is 346 g/mol. The van der Waals surface area contributed by atoms with Crippen molar-refractivity contribution in [1.29, 1.82) is 0 Å². The van der Waals surface area contributed by atoms with Gasteiger partial charge in [0.15, 0.2) is 0 Å². The molecule has 0 unspecified atom stereocenters. The molecule has 2 amide bonds. The van der Waals surface area contributed by atoms with E-state index in [0.717, 1.165) is 32.1 Å². The summed E-state index contributed by atoms with van der Waals surface area (Å²) in [7, 11) is 0. The number of pyridine rings is 1. The van der Waals surface area contributed by atoms with E-state index < -0.39 is 11.8 Å². The number of carbonyl (C=O) groups is 2. The van der Waals surface area contributed by atoms with Gasteiger partial charge in [-0.25, -0.2) is 4.98 Å². The molecule has 5 N–H and O–H groups in total. The molecule has 1 atom stereocenters. The van der Waals surface area contributed by atoms with Crippen molar-refractivity contribution >= 4 is 23.8 Å². The molecule has 1 aromatic heterocycles. The topological polar surface area (TPSA) is 121 Å². The van der Waals surface area contributed by atoms with Crippen LogP contribution in [0.5, 0.6) is 0 Å². The van der Waals surface area contributed by atoms with Gasteiger partial charge in [0.05, 0.1) is 0 Å². The Hall–Kier alpha value is -2.87. The molecule has 1 saturated carbocycles. The zero-order valence-electron chi connectivity index (χ0n) is 15.4. The number of nitrogens with one attached hydrogen (secondary N) is 2. The maximum Gasteiger partial charge on any atom is 0.270 e. The molecule has 4 rings (SSSR count). The van der Waals surface area contributed by atoms with Crippen molar-refractivity contribution in [3.63, 3.8) is 0 Å². The summed E-state index contributed by atoms with van der Waals surface area (Å²) in [5.74, 6) is 0.0699. The molecule has 2 aliphatic heterocycles. The van der Waals surface area contributed by atoms with E-state index in [-0.39, 0.29) is 5.91 Å². The van der Waals surface area contributed by atoms with Crippen molar-refractivity contribution in [1.82, 2.24) is 15.2 Å². The van der Waals surface area contributed by atoms with Gasteiger partial charge in [0.25, 0.3) is 5.91 Å². The van der Waals surface area contributed by atoms with Crippen LogP contribution in [0, 0.1) is 0 Å². The van der Waals surface area contributed by atoms with Gasteiger partial charge in [0.1, 0.15) is 23.3 Å². The van der Waals surface area contributed by atoms with Crippen molar-refractivity contribution in [3.05, 3.63) is 40.4 Å². The molecule has 8 nitrogen and oxygen atoms in total. The number of fused-ring (bicyclic) bond motifs is 1. The number of nitrogen functional groups attached to an aromatic ring is 1. The summed E-state index contributed by atoms with van der Waals surface area (Å²) in [4.78, 5) is 30.2. The molecule has 27 heavy (non-hydrogen) atoms. The normalized spacial score (nSPS) is 25.4. The standard InChI is InChI=1S/C19H23N5O3/c1-10(16-18(27)23-19(24(16)9-25)5-3-4-6-19)15-11(2)22-13-7-14(20)21-8-12(13)17(15)26/h7-9,17,22,26H,3-6H2,1-2H3,(H2,20,21)(H,23,27)/b16-10-/t17-/m0/s1. The molecule has 0 radical (unpaired) electrons. The lowest BCUT2D eigenvalue weighted by Gasteiger charge is -2.32. The monoisotopic (exact) mass is 369 g/mol. The largest absolute Gasteiger partial charge is 0.384 e. The van der Waals surface area contributed by atoms with Crippen LogP contribution in [0.2, 0.25) is 0 Å². The first-order valence-electron chi connectivity index (χ1n) is 9.07. The van der Waals surface area contributed by atoms with Crippen molar-refractivity contribution in [2.45, 2.75) is 51.3 Å². The molecule has 1 spiro atoms. The number of aromatic nitrogens is 1. The van der Waals surface area contributed by atoms with Gasteiger partial charge >= 0.3 is 0 Å². The fourth-order valence-electron chi connectivity index (χ4n) is 4.54. The van der Waals surface area contributed by atoms with Crippen LogP contribution in [0.1, 0.15) is 51.2 Å². The van der Waals surface area contributed by atoms with Crippen LogP contribution in [0.4, 0.5) is 11.5 Å². The molecule has 0 bridgehead atoms. The maximum atomic E-state index is 12.8. The Balaban J connectivity index is 1.81. The molecule has 2 fully saturated rings. The quantitative estimate of drug-likeness (QED) is 0.463. The van der Waals surface area contributed by atoms with E-state index in [2.05, 4.69) is 15.6 Å². The Labute approximate surface area is 157 Å². The molecule has 8 heteroatoms. The van der Waals surface area contributed by atoms with Gasteiger partial charge < -0.3 is 21.5 Å². The van der Waals surface area contributed by atoms with Crippen molar-refractivity contribution in [2.24, 2.45) is 0 Å². The number of aliphatic hydroxyl groups excluding tert-OH is 1. The molecule has 1 aromatic rings. The van der Waals surface area contributed by atoms with Gasteiger partial charge in [0, 0.05) is 34.8 Å². The highest BCUT2D eigenvalue weighted by Crippen LogP contribution is 2.44. The van der Waals surface area contributed by atoms with Gasteiger partial charge in [-0.15, -0.1) is 0 Å². The number of amides is 2. The molecule has 0 aromatic carbocycles. The van der Waals surface area contributed by atoms with Crippen LogP contribution in [-0.4, -0.2) is 33.0 Å². The average Bonchev–Trinajstić information content (AvgIpc) is 3.18. The van der Waals surface area contributed by atoms with E-state index in [1.54, 1.807) is 13.0 Å². The summed E-state index contributed by atoms with van der Waals surface area (Å²) in [5, 5.41) is 17.2. The van der Waals surface area contributed by atoms with E-state index in [4.69, 9.17) is 5.73 Å². The molecule has 3 aliphatic rings. The van der Waals surface area contributed by atoms with E-state index in [1.165, 1.54) is 11.1 Å². The Morgan fingerprint density at radius 3 is 2.81 bits per heavy atom. The van der Waals surface area contributed by atoms with Crippen LogP contribution in [0.3, 0.4) is 0 Å². The lowest BCUT2D eigenvalue weighted by Crippen LogP contribution is -2.48. The second kappa shape index (κ2) is 6.09. The third-order valence-corrected chi connectivity index (χ3v) is 5.81. The minimum absolute atomic E-state index is 0.282. The highest BCUT2D eigenvalue weighted by Gasteiger charge is 2.50. The van der Waals surface area contributed by atoms with Crippen LogP contribution in [-0.2, 0) is 9.59 Å². The first kappa shape index (κ1) is 17.5. The van der Waals surface area contributed by atoms with Crippen molar-refractivity contribution < 1.29 is 14.7 Å². The van der Waals surface area contributed by atoms with Crippen LogP contribution in [0.15, 0.2) is 34.8 Å². The third kappa shape index (κ3) is 2.51. The average molecular weight is 369 g/mol. The van der Waals surface area contributed by atoms with Gasteiger partial charge in [-0.1, -0.05) is 0 Å². The Morgan fingerprint density at radius 2 is 2.15 bits per heavy atom. The minimum atomic E-state index is -0.969. The van der Waals surface area contributed by atoms with Crippen molar-refractivity contribution in [3.8, 4) is 0 Å². The molecular formula is C19H23N5O3. The lowest BCUT2D eigenvalue weighted by atomic mass is 9.89. The summed E-state index contributed by atoms with van der Waals surface area (Å²) in [6.07, 6.45) is 4.67. The second-order valence-corrected chi connectivity index (χ2v) is 7.40. The van der Waals surface area contributed by atoms with Crippen LogP contribution in [0.25, 0.3) is 0 Å². The number of nitrogens with two attached hydrogens (primary N) is 1. The fourth-order valence-corrected chi connectivity index (χ4v) is 4.54. The van der Waals surface area contributed by atoms with Crippen molar-refractivity contribution in [2.75, 3.05) is 11.1 Å². The summed E-state index contributed by atoms with van der Waals surface area (Å²) in [5.41, 5.74) is 8.51. The third-order valence-electron chi connectivity index (χ3n) is 5.81. The number of nitrogens with zero attached hydrogens (tertiary/aromatic N) is 2. The number of anilines is 2. The zero-order chi connectivity index (χ0) is 19.3. The molecule has 1 aliphatic carbocycles. The number of rotatable bonds is 2. The number of hydrogen-bond donors (Lipinski definition) is 4. The number of aliphatic hydroxyl groups is 1. The first-order valence-corrected chi connectivity index (χ1v) is 9.07. The number of allylic oxidation sites excluding steroid dienone is 1. The SMILES string of the molecule is CC1=C(/C(C)=C2/C(=O)NC3(CCCC3)N2C=O)[C@@H](O)c2cnc(N)cc2N1. The van der Waals surface area contributed by atoms with E-state index in [0.29, 0.717) is 39.6 Å².